The number of likely N-dealkylation sites (tertiary alicyclic amines) is 1. The van der Waals surface area contributed by atoms with Gasteiger partial charge in [-0.1, -0.05) is 12.1 Å². The molecule has 0 spiro atoms. The lowest BCUT2D eigenvalue weighted by atomic mass is 9.89. The molecule has 7 nitrogen and oxygen atoms in total. The maximum Gasteiger partial charge on any atom is 0.289 e. The topological polar surface area (TPSA) is 72.3 Å². The van der Waals surface area contributed by atoms with Crippen LogP contribution in [-0.2, 0) is 19.5 Å². The Kier molecular flexibility index (Phi) is 4.55. The molecule has 5 rings (SSSR count). The van der Waals surface area contributed by atoms with E-state index in [0.717, 1.165) is 57.0 Å². The number of nitrogens with one attached hydrogen (secondary N) is 1. The van der Waals surface area contributed by atoms with Crippen molar-refractivity contribution >= 4 is 5.91 Å². The lowest BCUT2D eigenvalue weighted by Gasteiger charge is -2.28. The van der Waals surface area contributed by atoms with Crippen LogP contribution in [-0.4, -0.2) is 51.8 Å². The van der Waals surface area contributed by atoms with Crippen molar-refractivity contribution in [2.24, 2.45) is 11.8 Å². The molecule has 1 amide bonds. The maximum atomic E-state index is 12.6. The Bertz CT molecular complexity index is 875. The fourth-order valence-corrected chi connectivity index (χ4v) is 4.75. The van der Waals surface area contributed by atoms with Crippen molar-refractivity contribution in [1.29, 1.82) is 0 Å². The molecule has 2 unspecified atom stereocenters. The van der Waals surface area contributed by atoms with Crippen molar-refractivity contribution in [3.63, 3.8) is 0 Å². The first kappa shape index (κ1) is 17.7. The molecule has 148 valence electrons. The van der Waals surface area contributed by atoms with Crippen molar-refractivity contribution in [2.45, 2.75) is 44.8 Å². The molecule has 1 aliphatic carbocycles. The highest BCUT2D eigenvalue weighted by Gasteiger charge is 2.39. The number of carbonyl (C=O) groups is 1. The summed E-state index contributed by atoms with van der Waals surface area (Å²) in [6.45, 7) is 3.89. The zero-order valence-corrected chi connectivity index (χ0v) is 16.3. The fourth-order valence-electron chi connectivity index (χ4n) is 4.75. The molecule has 2 aliphatic heterocycles. The van der Waals surface area contributed by atoms with Gasteiger partial charge in [-0.3, -0.25) is 9.69 Å². The van der Waals surface area contributed by atoms with Crippen molar-refractivity contribution in [3.8, 4) is 5.75 Å². The number of nitrogens with zero attached hydrogens (tertiary/aromatic N) is 4. The van der Waals surface area contributed by atoms with Crippen LogP contribution in [0.5, 0.6) is 5.75 Å². The van der Waals surface area contributed by atoms with Crippen LogP contribution in [0.4, 0.5) is 0 Å². The van der Waals surface area contributed by atoms with Gasteiger partial charge in [0.1, 0.15) is 11.6 Å². The molecular weight excluding hydrogens is 354 g/mol. The van der Waals surface area contributed by atoms with Gasteiger partial charge in [0.25, 0.3) is 5.91 Å². The average Bonchev–Trinajstić information content (AvgIpc) is 3.25. The summed E-state index contributed by atoms with van der Waals surface area (Å²) in [7, 11) is 1.71. The average molecular weight is 381 g/mol. The summed E-state index contributed by atoms with van der Waals surface area (Å²) in [5.41, 5.74) is 1.28. The van der Waals surface area contributed by atoms with Crippen LogP contribution in [0.1, 0.15) is 41.3 Å². The van der Waals surface area contributed by atoms with Crippen molar-refractivity contribution in [1.82, 2.24) is 25.0 Å². The number of ether oxygens (including phenoxy) is 1. The molecule has 2 fully saturated rings. The molecular formula is C21H27N5O2. The third-order valence-corrected chi connectivity index (χ3v) is 6.53. The van der Waals surface area contributed by atoms with Gasteiger partial charge in [-0.05, 0) is 48.8 Å². The number of carbonyl (C=O) groups excluding carboxylic acids is 1. The van der Waals surface area contributed by atoms with Crippen LogP contribution in [0, 0.1) is 11.8 Å². The van der Waals surface area contributed by atoms with Gasteiger partial charge in [0.2, 0.25) is 5.82 Å². The van der Waals surface area contributed by atoms with Gasteiger partial charge in [-0.15, -0.1) is 10.2 Å². The third kappa shape index (κ3) is 3.28. The third-order valence-electron chi connectivity index (χ3n) is 6.53. The quantitative estimate of drug-likeness (QED) is 0.856. The summed E-state index contributed by atoms with van der Waals surface area (Å²) in [6, 6.07) is 8.62. The van der Waals surface area contributed by atoms with Crippen LogP contribution in [0.15, 0.2) is 24.3 Å². The highest BCUT2D eigenvalue weighted by atomic mass is 16.5. The van der Waals surface area contributed by atoms with Gasteiger partial charge in [-0.2, -0.15) is 0 Å². The Labute approximate surface area is 165 Å². The predicted octanol–water partition coefficient (Wildman–Crippen LogP) is 1.87. The van der Waals surface area contributed by atoms with Crippen molar-refractivity contribution < 1.29 is 9.53 Å². The SMILES string of the molecule is COc1cccc(CN2CC3Cc4nnc(C(=O)NC5CCC5)n4CC3C2)c1. The minimum absolute atomic E-state index is 0.0619. The zero-order chi connectivity index (χ0) is 19.1. The molecule has 0 radical (unpaired) electrons. The van der Waals surface area contributed by atoms with E-state index in [1.54, 1.807) is 7.11 Å². The fraction of sp³-hybridized carbons (Fsp3) is 0.571. The Hall–Kier alpha value is -2.41. The summed E-state index contributed by atoms with van der Waals surface area (Å²) in [6.07, 6.45) is 4.27. The Morgan fingerprint density at radius 2 is 2.07 bits per heavy atom. The Morgan fingerprint density at radius 3 is 2.86 bits per heavy atom. The molecule has 2 aromatic rings. The van der Waals surface area contributed by atoms with Gasteiger partial charge < -0.3 is 14.6 Å². The molecule has 7 heteroatoms. The van der Waals surface area contributed by atoms with E-state index in [2.05, 4.69) is 37.1 Å². The standard InChI is InChI=1S/C21H27N5O2/c1-28-18-7-2-4-14(8-18)10-25-11-15-9-19-23-24-20(26(19)13-16(15)12-25)21(27)22-17-5-3-6-17/h2,4,7-8,15-17H,3,5-6,9-13H2,1H3,(H,22,27). The molecule has 2 atom stereocenters. The van der Waals surface area contributed by atoms with E-state index in [4.69, 9.17) is 4.74 Å². The smallest absolute Gasteiger partial charge is 0.289 e. The highest BCUT2D eigenvalue weighted by molar-refractivity contribution is 5.91. The van der Waals surface area contributed by atoms with Gasteiger partial charge in [0.05, 0.1) is 7.11 Å². The van der Waals surface area contributed by atoms with Crippen molar-refractivity contribution in [3.05, 3.63) is 41.5 Å². The van der Waals surface area contributed by atoms with Crippen LogP contribution >= 0.6 is 0 Å². The van der Waals surface area contributed by atoms with Gasteiger partial charge in [0, 0.05) is 38.6 Å². The Balaban J connectivity index is 1.25. The molecule has 3 aliphatic rings. The van der Waals surface area contributed by atoms with E-state index in [1.807, 2.05) is 12.1 Å². The molecule has 1 saturated carbocycles. The zero-order valence-electron chi connectivity index (χ0n) is 16.3. The minimum atomic E-state index is -0.0619. The summed E-state index contributed by atoms with van der Waals surface area (Å²) in [5.74, 6) is 3.43. The maximum absolute atomic E-state index is 12.6. The molecule has 1 N–H and O–H groups in total. The number of benzene rings is 1. The first-order valence-corrected chi connectivity index (χ1v) is 10.3. The Morgan fingerprint density at radius 1 is 1.21 bits per heavy atom. The largest absolute Gasteiger partial charge is 0.497 e. The number of rotatable bonds is 5. The van der Waals surface area contributed by atoms with Crippen LogP contribution in [0.25, 0.3) is 0 Å². The van der Waals surface area contributed by atoms with Gasteiger partial charge >= 0.3 is 0 Å². The van der Waals surface area contributed by atoms with E-state index >= 15 is 0 Å². The second-order valence-corrected chi connectivity index (χ2v) is 8.42. The van der Waals surface area contributed by atoms with E-state index in [9.17, 15) is 4.79 Å². The van der Waals surface area contributed by atoms with Crippen LogP contribution < -0.4 is 10.1 Å². The lowest BCUT2D eigenvalue weighted by Crippen LogP contribution is -2.41. The van der Waals surface area contributed by atoms with Crippen LogP contribution in [0.3, 0.4) is 0 Å². The summed E-state index contributed by atoms with van der Waals surface area (Å²) < 4.78 is 7.41. The predicted molar refractivity (Wildman–Crippen MR) is 104 cm³/mol. The second kappa shape index (κ2) is 7.20. The molecule has 3 heterocycles. The highest BCUT2D eigenvalue weighted by Crippen LogP contribution is 2.33. The number of amides is 1. The minimum Gasteiger partial charge on any atom is -0.497 e. The summed E-state index contributed by atoms with van der Waals surface area (Å²) in [5, 5.41) is 11.7. The summed E-state index contributed by atoms with van der Waals surface area (Å²) in [4.78, 5) is 15.1. The monoisotopic (exact) mass is 381 g/mol. The number of hydrogen-bond donors (Lipinski definition) is 1. The first-order chi connectivity index (χ1) is 13.7. The summed E-state index contributed by atoms with van der Waals surface area (Å²) >= 11 is 0. The molecule has 1 saturated heterocycles. The van der Waals surface area contributed by atoms with E-state index < -0.39 is 0 Å². The van der Waals surface area contributed by atoms with Crippen molar-refractivity contribution in [2.75, 3.05) is 20.2 Å². The number of methoxy groups -OCH3 is 1. The van der Waals surface area contributed by atoms with E-state index in [1.165, 1.54) is 12.0 Å². The van der Waals surface area contributed by atoms with E-state index in [-0.39, 0.29) is 5.91 Å². The van der Waals surface area contributed by atoms with Gasteiger partial charge in [-0.25, -0.2) is 0 Å². The second-order valence-electron chi connectivity index (χ2n) is 8.42. The number of hydrogen-bond acceptors (Lipinski definition) is 5. The van der Waals surface area contributed by atoms with Crippen LogP contribution in [0.2, 0.25) is 0 Å². The first-order valence-electron chi connectivity index (χ1n) is 10.3. The van der Waals surface area contributed by atoms with E-state index in [0.29, 0.717) is 23.7 Å². The number of aromatic nitrogens is 3. The molecule has 1 aromatic heterocycles. The molecule has 1 aromatic carbocycles. The number of fused-ring (bicyclic) bond motifs is 2. The van der Waals surface area contributed by atoms with Gasteiger partial charge in [0.15, 0.2) is 0 Å². The molecule has 28 heavy (non-hydrogen) atoms. The lowest BCUT2D eigenvalue weighted by molar-refractivity contribution is 0.0898. The molecule has 0 bridgehead atoms. The normalized spacial score (nSPS) is 24.3.